The van der Waals surface area contributed by atoms with Gasteiger partial charge in [-0.05, 0) is 42.2 Å². The monoisotopic (exact) mass is 296 g/mol. The van der Waals surface area contributed by atoms with E-state index in [2.05, 4.69) is 17.1 Å². The van der Waals surface area contributed by atoms with Crippen LogP contribution in [0.4, 0.5) is 0 Å². The maximum Gasteiger partial charge on any atom is 0.146 e. The molecule has 0 unspecified atom stereocenters. The van der Waals surface area contributed by atoms with E-state index in [9.17, 15) is 5.11 Å². The van der Waals surface area contributed by atoms with Crippen molar-refractivity contribution in [1.29, 1.82) is 0 Å². The van der Waals surface area contributed by atoms with Gasteiger partial charge in [-0.15, -0.1) is 15.0 Å². The summed E-state index contributed by atoms with van der Waals surface area (Å²) in [4.78, 5) is 1.49. The zero-order valence-electron chi connectivity index (χ0n) is 12.7. The average molecular weight is 296 g/mol. The normalized spacial score (nSPS) is 11.2. The summed E-state index contributed by atoms with van der Waals surface area (Å²) in [5.74, 6) is 0.242. The highest BCUT2D eigenvalue weighted by atomic mass is 16.3. The van der Waals surface area contributed by atoms with E-state index in [1.165, 1.54) is 4.80 Å². The number of aryl methyl sites for hydroxylation is 1. The summed E-state index contributed by atoms with van der Waals surface area (Å²) in [6.45, 7) is 2.56. The lowest BCUT2D eigenvalue weighted by Gasteiger charge is -2.11. The predicted molar refractivity (Wildman–Crippen MR) is 87.0 cm³/mol. The second-order valence-corrected chi connectivity index (χ2v) is 5.41. The number of hydrogen-bond donors (Lipinski definition) is 2. The van der Waals surface area contributed by atoms with Crippen LogP contribution in [0.5, 0.6) is 5.75 Å². The fraction of sp³-hybridized carbons (Fsp3) is 0.294. The van der Waals surface area contributed by atoms with Crippen molar-refractivity contribution < 1.29 is 5.11 Å². The summed E-state index contributed by atoms with van der Waals surface area (Å²) in [5, 5.41) is 19.5. The minimum absolute atomic E-state index is 0.242. The van der Waals surface area contributed by atoms with Crippen molar-refractivity contribution in [2.45, 2.75) is 32.7 Å². The fourth-order valence-electron chi connectivity index (χ4n) is 2.54. The van der Waals surface area contributed by atoms with Crippen molar-refractivity contribution in [2.24, 2.45) is 5.73 Å². The molecule has 3 N–H and O–H groups in total. The first-order valence-electron chi connectivity index (χ1n) is 7.60. The van der Waals surface area contributed by atoms with Crippen LogP contribution >= 0.6 is 0 Å². The Balaban J connectivity index is 2.11. The third-order valence-electron chi connectivity index (χ3n) is 3.77. The van der Waals surface area contributed by atoms with Gasteiger partial charge in [-0.25, -0.2) is 0 Å². The van der Waals surface area contributed by atoms with Crippen LogP contribution in [0.25, 0.3) is 16.7 Å². The fourth-order valence-corrected chi connectivity index (χ4v) is 2.54. The van der Waals surface area contributed by atoms with E-state index < -0.39 is 0 Å². The molecule has 5 heteroatoms. The number of phenolic OH excluding ortho intramolecular Hbond substituents is 1. The molecule has 22 heavy (non-hydrogen) atoms. The number of unbranched alkanes of at least 4 members (excludes halogenated alkanes) is 1. The zero-order chi connectivity index (χ0) is 15.5. The van der Waals surface area contributed by atoms with Crippen LogP contribution in [-0.4, -0.2) is 20.1 Å². The molecule has 3 aromatic rings. The van der Waals surface area contributed by atoms with Crippen molar-refractivity contribution in [3.05, 3.63) is 47.5 Å². The quantitative estimate of drug-likeness (QED) is 0.759. The first-order valence-corrected chi connectivity index (χ1v) is 7.60. The number of nitrogens with two attached hydrogens (primary N) is 1. The first kappa shape index (κ1) is 14.5. The van der Waals surface area contributed by atoms with E-state index >= 15 is 0 Å². The molecule has 1 heterocycles. The summed E-state index contributed by atoms with van der Waals surface area (Å²) in [6.07, 6.45) is 2.92. The van der Waals surface area contributed by atoms with Gasteiger partial charge in [0.2, 0.25) is 0 Å². The molecule has 0 aliphatic rings. The molecule has 0 aliphatic heterocycles. The van der Waals surface area contributed by atoms with Gasteiger partial charge < -0.3 is 10.8 Å². The molecule has 2 aromatic carbocycles. The molecule has 114 valence electrons. The maximum atomic E-state index is 10.6. The van der Waals surface area contributed by atoms with Crippen LogP contribution in [0.3, 0.4) is 0 Å². The minimum Gasteiger partial charge on any atom is -0.505 e. The molecule has 0 radical (unpaired) electrons. The molecule has 3 rings (SSSR count). The third-order valence-corrected chi connectivity index (χ3v) is 3.77. The van der Waals surface area contributed by atoms with E-state index in [1.54, 1.807) is 0 Å². The Morgan fingerprint density at radius 1 is 1.14 bits per heavy atom. The largest absolute Gasteiger partial charge is 0.505 e. The molecule has 0 atom stereocenters. The maximum absolute atomic E-state index is 10.6. The molecule has 0 saturated carbocycles. The Morgan fingerprint density at radius 2 is 1.82 bits per heavy atom. The van der Waals surface area contributed by atoms with E-state index in [4.69, 9.17) is 5.73 Å². The first-order chi connectivity index (χ1) is 10.7. The summed E-state index contributed by atoms with van der Waals surface area (Å²) < 4.78 is 0. The van der Waals surface area contributed by atoms with Crippen molar-refractivity contribution in [3.8, 4) is 11.4 Å². The molecular weight excluding hydrogens is 276 g/mol. The lowest BCUT2D eigenvalue weighted by Crippen LogP contribution is -2.05. The number of phenols is 1. The Kier molecular flexibility index (Phi) is 4.06. The molecular formula is C17H20N4O. The van der Waals surface area contributed by atoms with Crippen LogP contribution in [-0.2, 0) is 13.0 Å². The van der Waals surface area contributed by atoms with Crippen LogP contribution in [0.15, 0.2) is 36.4 Å². The van der Waals surface area contributed by atoms with E-state index in [1.807, 2.05) is 36.4 Å². The number of aromatic hydroxyl groups is 1. The van der Waals surface area contributed by atoms with Crippen molar-refractivity contribution >= 4 is 11.0 Å². The molecule has 0 fully saturated rings. The van der Waals surface area contributed by atoms with Crippen LogP contribution in [0, 0.1) is 0 Å². The lowest BCUT2D eigenvalue weighted by molar-refractivity contribution is 0.459. The van der Waals surface area contributed by atoms with Crippen LogP contribution < -0.4 is 5.73 Å². The number of hydrogen-bond acceptors (Lipinski definition) is 4. The second-order valence-electron chi connectivity index (χ2n) is 5.41. The van der Waals surface area contributed by atoms with Gasteiger partial charge in [0.25, 0.3) is 0 Å². The molecule has 0 saturated heterocycles. The Bertz CT molecular complexity index is 761. The molecule has 1 aromatic heterocycles. The lowest BCUT2D eigenvalue weighted by atomic mass is 10.0. The smallest absolute Gasteiger partial charge is 0.146 e. The van der Waals surface area contributed by atoms with Gasteiger partial charge in [0, 0.05) is 6.54 Å². The molecule has 0 amide bonds. The number of benzene rings is 2. The van der Waals surface area contributed by atoms with Gasteiger partial charge in [-0.1, -0.05) is 31.5 Å². The van der Waals surface area contributed by atoms with Crippen molar-refractivity contribution in [3.63, 3.8) is 0 Å². The SMILES string of the molecule is CCCCc1cc(CN)cc(-n2nc3ccccc3n2)c1O. The molecule has 0 spiro atoms. The van der Waals surface area contributed by atoms with Gasteiger partial charge in [0.1, 0.15) is 22.5 Å². The standard InChI is InChI=1S/C17H20N4O/c1-2-3-6-13-9-12(11-18)10-16(17(13)22)21-19-14-7-4-5-8-15(14)20-21/h4-5,7-10,22H,2-3,6,11,18H2,1H3. The summed E-state index contributed by atoms with van der Waals surface area (Å²) in [6, 6.07) is 11.5. The van der Waals surface area contributed by atoms with E-state index in [0.29, 0.717) is 12.2 Å². The van der Waals surface area contributed by atoms with Crippen molar-refractivity contribution in [1.82, 2.24) is 15.0 Å². The molecule has 0 bridgehead atoms. The number of aromatic nitrogens is 3. The van der Waals surface area contributed by atoms with Crippen LogP contribution in [0.2, 0.25) is 0 Å². The van der Waals surface area contributed by atoms with Gasteiger partial charge >= 0.3 is 0 Å². The summed E-state index contributed by atoms with van der Waals surface area (Å²) in [7, 11) is 0. The highest BCUT2D eigenvalue weighted by molar-refractivity contribution is 5.73. The average Bonchev–Trinajstić information content (AvgIpc) is 2.97. The van der Waals surface area contributed by atoms with Gasteiger partial charge in [-0.2, -0.15) is 0 Å². The second kappa shape index (κ2) is 6.15. The van der Waals surface area contributed by atoms with Gasteiger partial charge in [0.05, 0.1) is 0 Å². The number of fused-ring (bicyclic) bond motifs is 1. The number of rotatable bonds is 5. The Hall–Kier alpha value is -2.40. The topological polar surface area (TPSA) is 77.0 Å². The van der Waals surface area contributed by atoms with Crippen molar-refractivity contribution in [2.75, 3.05) is 0 Å². The number of nitrogens with zero attached hydrogens (tertiary/aromatic N) is 3. The third kappa shape index (κ3) is 2.67. The highest BCUT2D eigenvalue weighted by Gasteiger charge is 2.14. The Labute approximate surface area is 129 Å². The highest BCUT2D eigenvalue weighted by Crippen LogP contribution is 2.29. The van der Waals surface area contributed by atoms with Crippen LogP contribution in [0.1, 0.15) is 30.9 Å². The van der Waals surface area contributed by atoms with Gasteiger partial charge in [-0.3, -0.25) is 0 Å². The summed E-state index contributed by atoms with van der Waals surface area (Å²) in [5.41, 5.74) is 9.85. The predicted octanol–water partition coefficient (Wildman–Crippen LogP) is 2.93. The van der Waals surface area contributed by atoms with E-state index in [0.717, 1.165) is 41.4 Å². The molecule has 5 nitrogen and oxygen atoms in total. The summed E-state index contributed by atoms with van der Waals surface area (Å²) >= 11 is 0. The Morgan fingerprint density at radius 3 is 2.41 bits per heavy atom. The van der Waals surface area contributed by atoms with Gasteiger partial charge in [0.15, 0.2) is 0 Å². The molecule has 0 aliphatic carbocycles. The van der Waals surface area contributed by atoms with E-state index in [-0.39, 0.29) is 5.75 Å². The minimum atomic E-state index is 0.242. The zero-order valence-corrected chi connectivity index (χ0v) is 12.7.